The molecule has 0 spiro atoms. The number of aromatic nitrogens is 4. The number of carbonyl (C=O) groups excluding carboxylic acids is 1. The summed E-state index contributed by atoms with van der Waals surface area (Å²) in [6, 6.07) is 9.36. The van der Waals surface area contributed by atoms with E-state index < -0.39 is 0 Å². The monoisotopic (exact) mass is 366 g/mol. The van der Waals surface area contributed by atoms with Gasteiger partial charge in [-0.1, -0.05) is 6.07 Å². The summed E-state index contributed by atoms with van der Waals surface area (Å²) in [4.78, 5) is 20.5. The zero-order valence-corrected chi connectivity index (χ0v) is 15.4. The molecule has 0 saturated carbocycles. The quantitative estimate of drug-likeness (QED) is 0.436. The highest BCUT2D eigenvalue weighted by Gasteiger charge is 2.07. The molecule has 0 bridgehead atoms. The molecule has 0 unspecified atom stereocenters. The van der Waals surface area contributed by atoms with E-state index in [2.05, 4.69) is 41.4 Å². The number of nitrogens with one attached hydrogen (secondary N) is 5. The number of hydrogen-bond donors (Lipinski definition) is 5. The first-order valence-corrected chi connectivity index (χ1v) is 8.47. The third-order valence-electron chi connectivity index (χ3n) is 3.72. The molecule has 0 aliphatic rings. The van der Waals surface area contributed by atoms with Gasteiger partial charge in [0.1, 0.15) is 5.82 Å². The third kappa shape index (κ3) is 5.02. The van der Waals surface area contributed by atoms with E-state index >= 15 is 0 Å². The fraction of sp³-hybridized carbons (Fsp3) is 0.222. The van der Waals surface area contributed by atoms with E-state index in [-0.39, 0.29) is 12.5 Å². The van der Waals surface area contributed by atoms with Crippen LogP contribution in [0.2, 0.25) is 0 Å². The molecule has 5 N–H and O–H groups in total. The Hall–Kier alpha value is -3.46. The van der Waals surface area contributed by atoms with Crippen molar-refractivity contribution in [1.82, 2.24) is 25.5 Å². The molecule has 2 aromatic heterocycles. The van der Waals surface area contributed by atoms with Crippen molar-refractivity contribution >= 4 is 34.9 Å². The van der Waals surface area contributed by atoms with Gasteiger partial charge in [0, 0.05) is 29.3 Å². The van der Waals surface area contributed by atoms with E-state index in [1.165, 1.54) is 0 Å². The van der Waals surface area contributed by atoms with Gasteiger partial charge in [0.05, 0.1) is 6.54 Å². The maximum atomic E-state index is 11.8. The average molecular weight is 366 g/mol. The second-order valence-corrected chi connectivity index (χ2v) is 6.06. The van der Waals surface area contributed by atoms with Crippen molar-refractivity contribution in [3.63, 3.8) is 0 Å². The summed E-state index contributed by atoms with van der Waals surface area (Å²) < 4.78 is 0. The van der Waals surface area contributed by atoms with Crippen LogP contribution in [0.25, 0.3) is 0 Å². The van der Waals surface area contributed by atoms with Crippen molar-refractivity contribution in [2.45, 2.75) is 13.8 Å². The standard InChI is InChI=1S/C18H22N8O/c1-11-4-5-13(9-14(11)22-17(27)10-19-3)21-15-6-7-20-18(23-15)24-16-8-12(2)25-26-16/h4-9,19H,10H2,1-3H3,(H,22,27)(H3,20,21,23,24,25,26). The van der Waals surface area contributed by atoms with Crippen LogP contribution < -0.4 is 21.3 Å². The SMILES string of the molecule is CNCC(=O)Nc1cc(Nc2ccnc(Nc3cc(C)[nH]n3)n2)ccc1C. The van der Waals surface area contributed by atoms with E-state index in [0.29, 0.717) is 17.6 Å². The minimum Gasteiger partial charge on any atom is -0.340 e. The third-order valence-corrected chi connectivity index (χ3v) is 3.72. The van der Waals surface area contributed by atoms with Gasteiger partial charge >= 0.3 is 0 Å². The van der Waals surface area contributed by atoms with Crippen LogP contribution in [0.15, 0.2) is 36.5 Å². The molecule has 9 nitrogen and oxygen atoms in total. The summed E-state index contributed by atoms with van der Waals surface area (Å²) in [6.45, 7) is 4.11. The van der Waals surface area contributed by atoms with Gasteiger partial charge in [-0.15, -0.1) is 0 Å². The lowest BCUT2D eigenvalue weighted by Crippen LogP contribution is -2.25. The van der Waals surface area contributed by atoms with Crippen molar-refractivity contribution in [1.29, 1.82) is 0 Å². The molecular weight excluding hydrogens is 344 g/mol. The predicted octanol–water partition coefficient (Wildman–Crippen LogP) is 2.46. The first-order chi connectivity index (χ1) is 13.0. The Balaban J connectivity index is 1.73. The molecule has 9 heteroatoms. The number of likely N-dealkylation sites (N-methyl/N-ethyl adjacent to an activating group) is 1. The highest BCUT2D eigenvalue weighted by Crippen LogP contribution is 2.23. The van der Waals surface area contributed by atoms with Gasteiger partial charge in [0.25, 0.3) is 0 Å². The summed E-state index contributed by atoms with van der Waals surface area (Å²) in [5, 5.41) is 18.9. The molecule has 3 rings (SSSR count). The Morgan fingerprint density at radius 2 is 1.96 bits per heavy atom. The fourth-order valence-electron chi connectivity index (χ4n) is 2.42. The number of carbonyl (C=O) groups is 1. The fourth-order valence-corrected chi connectivity index (χ4v) is 2.42. The minimum absolute atomic E-state index is 0.0967. The van der Waals surface area contributed by atoms with Crippen LogP contribution in [0, 0.1) is 13.8 Å². The molecule has 27 heavy (non-hydrogen) atoms. The topological polar surface area (TPSA) is 120 Å². The van der Waals surface area contributed by atoms with Crippen molar-refractivity contribution in [3.05, 3.63) is 47.8 Å². The first-order valence-electron chi connectivity index (χ1n) is 8.47. The largest absolute Gasteiger partial charge is 0.340 e. The molecule has 0 aliphatic carbocycles. The highest BCUT2D eigenvalue weighted by molar-refractivity contribution is 5.93. The smallest absolute Gasteiger partial charge is 0.238 e. The molecule has 0 radical (unpaired) electrons. The Bertz CT molecular complexity index is 937. The highest BCUT2D eigenvalue weighted by atomic mass is 16.1. The van der Waals surface area contributed by atoms with Crippen LogP contribution in [0.5, 0.6) is 0 Å². The molecule has 3 aromatic rings. The second kappa shape index (κ2) is 8.28. The molecule has 140 valence electrons. The number of amides is 1. The summed E-state index contributed by atoms with van der Waals surface area (Å²) in [5.74, 6) is 1.60. The van der Waals surface area contributed by atoms with Crippen molar-refractivity contribution in [2.75, 3.05) is 29.5 Å². The van der Waals surface area contributed by atoms with Crippen LogP contribution in [0.4, 0.5) is 29.0 Å². The minimum atomic E-state index is -0.0967. The first kappa shape index (κ1) is 18.3. The zero-order chi connectivity index (χ0) is 19.2. The Labute approximate surface area is 157 Å². The number of hydrogen-bond acceptors (Lipinski definition) is 7. The number of nitrogens with zero attached hydrogens (tertiary/aromatic N) is 3. The van der Waals surface area contributed by atoms with Crippen LogP contribution in [0.1, 0.15) is 11.3 Å². The zero-order valence-electron chi connectivity index (χ0n) is 15.4. The molecule has 2 heterocycles. The number of benzene rings is 1. The van der Waals surface area contributed by atoms with Gasteiger partial charge in [-0.25, -0.2) is 4.98 Å². The van der Waals surface area contributed by atoms with E-state index in [0.717, 1.165) is 22.6 Å². The van der Waals surface area contributed by atoms with E-state index in [1.54, 1.807) is 19.3 Å². The maximum Gasteiger partial charge on any atom is 0.238 e. The lowest BCUT2D eigenvalue weighted by Gasteiger charge is -2.12. The summed E-state index contributed by atoms with van der Waals surface area (Å²) >= 11 is 0. The molecule has 0 fully saturated rings. The van der Waals surface area contributed by atoms with Gasteiger partial charge in [0.2, 0.25) is 11.9 Å². The lowest BCUT2D eigenvalue weighted by molar-refractivity contribution is -0.115. The number of aromatic amines is 1. The average Bonchev–Trinajstić information content (AvgIpc) is 3.03. The Morgan fingerprint density at radius 3 is 2.70 bits per heavy atom. The van der Waals surface area contributed by atoms with Crippen LogP contribution in [0.3, 0.4) is 0 Å². The van der Waals surface area contributed by atoms with E-state index in [1.807, 2.05) is 38.1 Å². The maximum absolute atomic E-state index is 11.8. The molecule has 0 aliphatic heterocycles. The molecule has 1 aromatic carbocycles. The number of rotatable bonds is 7. The Morgan fingerprint density at radius 1 is 1.11 bits per heavy atom. The van der Waals surface area contributed by atoms with E-state index in [9.17, 15) is 4.79 Å². The van der Waals surface area contributed by atoms with E-state index in [4.69, 9.17) is 0 Å². The van der Waals surface area contributed by atoms with Crippen LogP contribution in [-0.4, -0.2) is 39.7 Å². The number of H-pyrrole nitrogens is 1. The second-order valence-electron chi connectivity index (χ2n) is 6.06. The van der Waals surface area contributed by atoms with Crippen LogP contribution >= 0.6 is 0 Å². The van der Waals surface area contributed by atoms with Gasteiger partial charge in [-0.2, -0.15) is 10.1 Å². The van der Waals surface area contributed by atoms with Crippen molar-refractivity contribution in [3.8, 4) is 0 Å². The molecule has 0 atom stereocenters. The normalized spacial score (nSPS) is 10.5. The molecular formula is C18H22N8O. The van der Waals surface area contributed by atoms with Gasteiger partial charge in [0.15, 0.2) is 5.82 Å². The predicted molar refractivity (Wildman–Crippen MR) is 106 cm³/mol. The number of aryl methyl sites for hydroxylation is 2. The number of anilines is 5. The van der Waals surface area contributed by atoms with Gasteiger partial charge < -0.3 is 21.3 Å². The van der Waals surface area contributed by atoms with Gasteiger partial charge in [-0.3, -0.25) is 9.89 Å². The summed E-state index contributed by atoms with van der Waals surface area (Å²) in [7, 11) is 1.73. The molecule has 0 saturated heterocycles. The summed E-state index contributed by atoms with van der Waals surface area (Å²) in [6.07, 6.45) is 1.65. The van der Waals surface area contributed by atoms with Gasteiger partial charge in [-0.05, 0) is 44.7 Å². The van der Waals surface area contributed by atoms with Crippen molar-refractivity contribution < 1.29 is 4.79 Å². The summed E-state index contributed by atoms with van der Waals surface area (Å²) in [5.41, 5.74) is 3.48. The lowest BCUT2D eigenvalue weighted by atomic mass is 10.1. The Kier molecular flexibility index (Phi) is 5.62. The molecule has 1 amide bonds. The van der Waals surface area contributed by atoms with Crippen LogP contribution in [-0.2, 0) is 4.79 Å². The van der Waals surface area contributed by atoms with Crippen molar-refractivity contribution in [2.24, 2.45) is 0 Å².